The largest absolute Gasteiger partial charge is 0.496 e. The standard InChI is InChI=1S/C13H18FNO3/c1-13(2,7-10(15)12(16)17)9-6-8(14)4-5-11(9)18-3/h4-6,10H,7,15H2,1-3H3,(H,16,17). The third-order valence-electron chi connectivity index (χ3n) is 2.94. The van der Waals surface area contributed by atoms with E-state index in [4.69, 9.17) is 15.6 Å². The Morgan fingerprint density at radius 2 is 2.17 bits per heavy atom. The SMILES string of the molecule is COc1ccc(F)cc1C(C)(C)CC(N)C(=O)O. The predicted molar refractivity (Wildman–Crippen MR) is 66.2 cm³/mol. The highest BCUT2D eigenvalue weighted by molar-refractivity contribution is 5.73. The van der Waals surface area contributed by atoms with Crippen LogP contribution in [0.3, 0.4) is 0 Å². The van der Waals surface area contributed by atoms with Crippen molar-refractivity contribution in [3.8, 4) is 5.75 Å². The summed E-state index contributed by atoms with van der Waals surface area (Å²) in [6.45, 7) is 3.63. The van der Waals surface area contributed by atoms with E-state index in [2.05, 4.69) is 0 Å². The lowest BCUT2D eigenvalue weighted by Crippen LogP contribution is -2.37. The number of methoxy groups -OCH3 is 1. The van der Waals surface area contributed by atoms with Gasteiger partial charge >= 0.3 is 5.97 Å². The van der Waals surface area contributed by atoms with Crippen molar-refractivity contribution in [3.05, 3.63) is 29.6 Å². The summed E-state index contributed by atoms with van der Waals surface area (Å²) in [7, 11) is 1.49. The number of nitrogens with two attached hydrogens (primary N) is 1. The van der Waals surface area contributed by atoms with E-state index in [1.54, 1.807) is 0 Å². The first-order chi connectivity index (χ1) is 8.27. The molecule has 0 bridgehead atoms. The first-order valence-electron chi connectivity index (χ1n) is 5.60. The molecule has 0 amide bonds. The molecule has 0 aliphatic rings. The molecule has 1 atom stereocenters. The van der Waals surface area contributed by atoms with Crippen LogP contribution in [-0.4, -0.2) is 24.2 Å². The van der Waals surface area contributed by atoms with Gasteiger partial charge < -0.3 is 15.6 Å². The number of hydrogen-bond acceptors (Lipinski definition) is 3. The van der Waals surface area contributed by atoms with Crippen LogP contribution >= 0.6 is 0 Å². The van der Waals surface area contributed by atoms with E-state index in [-0.39, 0.29) is 12.2 Å². The Labute approximate surface area is 106 Å². The van der Waals surface area contributed by atoms with Crippen LogP contribution < -0.4 is 10.5 Å². The molecule has 0 radical (unpaired) electrons. The smallest absolute Gasteiger partial charge is 0.320 e. The lowest BCUT2D eigenvalue weighted by Gasteiger charge is -2.28. The predicted octanol–water partition coefficient (Wildman–Crippen LogP) is 1.91. The number of rotatable bonds is 5. The van der Waals surface area contributed by atoms with E-state index in [9.17, 15) is 9.18 Å². The van der Waals surface area contributed by atoms with Crippen molar-refractivity contribution >= 4 is 5.97 Å². The van der Waals surface area contributed by atoms with Crippen LogP contribution in [-0.2, 0) is 10.2 Å². The normalized spacial score (nSPS) is 13.2. The van der Waals surface area contributed by atoms with Crippen molar-refractivity contribution in [1.82, 2.24) is 0 Å². The quantitative estimate of drug-likeness (QED) is 0.843. The minimum atomic E-state index is -1.07. The molecule has 0 fully saturated rings. The van der Waals surface area contributed by atoms with Gasteiger partial charge in [-0.15, -0.1) is 0 Å². The van der Waals surface area contributed by atoms with E-state index in [0.717, 1.165) is 0 Å². The summed E-state index contributed by atoms with van der Waals surface area (Å²) in [5, 5.41) is 8.84. The van der Waals surface area contributed by atoms with Gasteiger partial charge in [-0.1, -0.05) is 13.8 Å². The maximum Gasteiger partial charge on any atom is 0.320 e. The molecule has 100 valence electrons. The van der Waals surface area contributed by atoms with Gasteiger partial charge in [0.25, 0.3) is 0 Å². The number of halogens is 1. The van der Waals surface area contributed by atoms with Gasteiger partial charge in [0.1, 0.15) is 17.6 Å². The van der Waals surface area contributed by atoms with E-state index < -0.39 is 17.4 Å². The average Bonchev–Trinajstić information content (AvgIpc) is 2.28. The summed E-state index contributed by atoms with van der Waals surface area (Å²) in [6, 6.07) is 3.19. The number of carbonyl (C=O) groups is 1. The summed E-state index contributed by atoms with van der Waals surface area (Å²) in [5.74, 6) is -0.930. The number of carboxylic acids is 1. The molecule has 3 N–H and O–H groups in total. The third kappa shape index (κ3) is 3.20. The van der Waals surface area contributed by atoms with Crippen LogP contribution in [0.2, 0.25) is 0 Å². The Hall–Kier alpha value is -1.62. The third-order valence-corrected chi connectivity index (χ3v) is 2.94. The minimum Gasteiger partial charge on any atom is -0.496 e. The molecule has 0 aliphatic heterocycles. The van der Waals surface area contributed by atoms with Crippen molar-refractivity contribution in [2.45, 2.75) is 31.7 Å². The molecule has 0 heterocycles. The van der Waals surface area contributed by atoms with Gasteiger partial charge in [0.2, 0.25) is 0 Å². The van der Waals surface area contributed by atoms with Crippen LogP contribution in [0.1, 0.15) is 25.8 Å². The van der Waals surface area contributed by atoms with Crippen molar-refractivity contribution in [3.63, 3.8) is 0 Å². The zero-order valence-corrected chi connectivity index (χ0v) is 10.7. The first kappa shape index (κ1) is 14.4. The Kier molecular flexibility index (Phi) is 4.29. The van der Waals surface area contributed by atoms with Crippen LogP contribution in [0.4, 0.5) is 4.39 Å². The summed E-state index contributed by atoms with van der Waals surface area (Å²) in [6.07, 6.45) is 0.197. The summed E-state index contributed by atoms with van der Waals surface area (Å²) in [5.41, 5.74) is 5.56. The van der Waals surface area contributed by atoms with Gasteiger partial charge in [-0.3, -0.25) is 4.79 Å². The van der Waals surface area contributed by atoms with Crippen LogP contribution in [0.25, 0.3) is 0 Å². The fourth-order valence-electron chi connectivity index (χ4n) is 1.96. The second-order valence-electron chi connectivity index (χ2n) is 4.88. The van der Waals surface area contributed by atoms with Crippen molar-refractivity contribution < 1.29 is 19.0 Å². The lowest BCUT2D eigenvalue weighted by atomic mass is 9.78. The number of ether oxygens (including phenoxy) is 1. The molecule has 1 aromatic rings. The Bertz CT molecular complexity index is 446. The molecule has 18 heavy (non-hydrogen) atoms. The van der Waals surface area contributed by atoms with Gasteiger partial charge in [0.15, 0.2) is 0 Å². The second kappa shape index (κ2) is 5.35. The highest BCUT2D eigenvalue weighted by Crippen LogP contribution is 2.35. The Balaban J connectivity index is 3.10. The molecule has 5 heteroatoms. The fraction of sp³-hybridized carbons (Fsp3) is 0.462. The molecular formula is C13H18FNO3. The molecule has 1 unspecified atom stereocenters. The zero-order chi connectivity index (χ0) is 13.9. The van der Waals surface area contributed by atoms with Crippen molar-refractivity contribution in [1.29, 1.82) is 0 Å². The lowest BCUT2D eigenvalue weighted by molar-refractivity contribution is -0.139. The topological polar surface area (TPSA) is 72.5 Å². The molecular weight excluding hydrogens is 237 g/mol. The minimum absolute atomic E-state index is 0.197. The maximum absolute atomic E-state index is 13.3. The number of carboxylic acid groups (broad SMARTS) is 1. The fourth-order valence-corrected chi connectivity index (χ4v) is 1.96. The van der Waals surface area contributed by atoms with E-state index in [1.165, 1.54) is 25.3 Å². The molecule has 0 aliphatic carbocycles. The van der Waals surface area contributed by atoms with Crippen LogP contribution in [0.5, 0.6) is 5.75 Å². The average molecular weight is 255 g/mol. The summed E-state index contributed by atoms with van der Waals surface area (Å²) >= 11 is 0. The van der Waals surface area contributed by atoms with Gasteiger partial charge in [0.05, 0.1) is 7.11 Å². The van der Waals surface area contributed by atoms with Gasteiger partial charge in [-0.05, 0) is 30.0 Å². The molecule has 0 saturated carbocycles. The van der Waals surface area contributed by atoms with Gasteiger partial charge in [0, 0.05) is 5.56 Å². The Morgan fingerprint density at radius 1 is 1.56 bits per heavy atom. The molecule has 1 rings (SSSR count). The van der Waals surface area contributed by atoms with E-state index >= 15 is 0 Å². The molecule has 0 aromatic heterocycles. The van der Waals surface area contributed by atoms with Gasteiger partial charge in [-0.2, -0.15) is 0 Å². The summed E-state index contributed by atoms with van der Waals surface area (Å²) < 4.78 is 18.5. The van der Waals surface area contributed by atoms with Crippen molar-refractivity contribution in [2.75, 3.05) is 7.11 Å². The number of hydrogen-bond donors (Lipinski definition) is 2. The van der Waals surface area contributed by atoms with Gasteiger partial charge in [-0.25, -0.2) is 4.39 Å². The molecule has 0 saturated heterocycles. The van der Waals surface area contributed by atoms with E-state index in [1.807, 2.05) is 13.8 Å². The van der Waals surface area contributed by atoms with Crippen molar-refractivity contribution in [2.24, 2.45) is 5.73 Å². The van der Waals surface area contributed by atoms with Crippen LogP contribution in [0.15, 0.2) is 18.2 Å². The monoisotopic (exact) mass is 255 g/mol. The van der Waals surface area contributed by atoms with E-state index in [0.29, 0.717) is 11.3 Å². The highest BCUT2D eigenvalue weighted by Gasteiger charge is 2.29. The number of aliphatic carboxylic acids is 1. The molecule has 4 nitrogen and oxygen atoms in total. The van der Waals surface area contributed by atoms with Crippen LogP contribution in [0, 0.1) is 5.82 Å². The zero-order valence-electron chi connectivity index (χ0n) is 10.7. The molecule has 0 spiro atoms. The second-order valence-corrected chi connectivity index (χ2v) is 4.88. The number of benzene rings is 1. The highest BCUT2D eigenvalue weighted by atomic mass is 19.1. The first-order valence-corrected chi connectivity index (χ1v) is 5.60. The summed E-state index contributed by atoms with van der Waals surface area (Å²) in [4.78, 5) is 10.8. The Morgan fingerprint density at radius 3 is 2.67 bits per heavy atom. The molecule has 1 aromatic carbocycles. The maximum atomic E-state index is 13.3.